The highest BCUT2D eigenvalue weighted by atomic mass is 16.5. The summed E-state index contributed by atoms with van der Waals surface area (Å²) in [6, 6.07) is 0. The summed E-state index contributed by atoms with van der Waals surface area (Å²) in [5.41, 5.74) is 0.0616. The summed E-state index contributed by atoms with van der Waals surface area (Å²) in [6.45, 7) is 1.43. The van der Waals surface area contributed by atoms with Crippen LogP contribution in [0.1, 0.15) is 18.3 Å². The Labute approximate surface area is 91.3 Å². The zero-order chi connectivity index (χ0) is 11.7. The van der Waals surface area contributed by atoms with E-state index >= 15 is 0 Å². The smallest absolute Gasteiger partial charge is 0.368 e. The molecular weight excluding hydrogens is 214 g/mol. The van der Waals surface area contributed by atoms with Gasteiger partial charge in [0, 0.05) is 12.6 Å². The minimum Gasteiger partial charge on any atom is -0.394 e. The molecule has 1 aliphatic rings. The van der Waals surface area contributed by atoms with Gasteiger partial charge in [0.1, 0.15) is 12.3 Å². The molecule has 0 saturated carbocycles. The number of ether oxygens (including phenoxy) is 1. The highest BCUT2D eigenvalue weighted by Gasteiger charge is 2.34. The van der Waals surface area contributed by atoms with Crippen molar-refractivity contribution in [3.63, 3.8) is 0 Å². The van der Waals surface area contributed by atoms with Crippen molar-refractivity contribution in [1.82, 2.24) is 14.8 Å². The van der Waals surface area contributed by atoms with E-state index in [0.29, 0.717) is 5.69 Å². The maximum absolute atomic E-state index is 11.4. The third-order valence-corrected chi connectivity index (χ3v) is 2.53. The molecule has 3 atom stereocenters. The van der Waals surface area contributed by atoms with Crippen LogP contribution >= 0.6 is 0 Å². The zero-order valence-corrected chi connectivity index (χ0v) is 8.78. The van der Waals surface area contributed by atoms with Crippen LogP contribution in [0.2, 0.25) is 0 Å². The molecule has 16 heavy (non-hydrogen) atoms. The molecule has 1 fully saturated rings. The third-order valence-electron chi connectivity index (χ3n) is 2.53. The van der Waals surface area contributed by atoms with Crippen molar-refractivity contribution in [2.45, 2.75) is 31.8 Å². The lowest BCUT2D eigenvalue weighted by molar-refractivity contribution is -0.0461. The minimum atomic E-state index is -0.768. The quantitative estimate of drug-likeness (QED) is 0.644. The van der Waals surface area contributed by atoms with Gasteiger partial charge in [0.2, 0.25) is 0 Å². The molecule has 0 aliphatic carbocycles. The standard InChI is InChI=1S/C9H13N3O4/c1-5-3-12(9(15)11-10-5)8-2-6(14)7(4-13)16-8/h3,6-8,13-14H,2,4H2,1H3. The summed E-state index contributed by atoms with van der Waals surface area (Å²) in [7, 11) is 0. The highest BCUT2D eigenvalue weighted by molar-refractivity contribution is 4.91. The first-order valence-electron chi connectivity index (χ1n) is 4.98. The van der Waals surface area contributed by atoms with E-state index in [-0.39, 0.29) is 13.0 Å². The Bertz CT molecular complexity index is 433. The van der Waals surface area contributed by atoms with Gasteiger partial charge in [-0.05, 0) is 6.92 Å². The lowest BCUT2D eigenvalue weighted by atomic mass is 10.2. The second kappa shape index (κ2) is 4.28. The molecule has 0 spiro atoms. The summed E-state index contributed by atoms with van der Waals surface area (Å²) in [4.78, 5) is 11.4. The van der Waals surface area contributed by atoms with Crippen molar-refractivity contribution in [3.05, 3.63) is 22.4 Å². The SMILES string of the molecule is Cc1cn(C2CC(O)C(CO)O2)c(=O)nn1. The lowest BCUT2D eigenvalue weighted by Gasteiger charge is -2.13. The van der Waals surface area contributed by atoms with Crippen molar-refractivity contribution in [2.75, 3.05) is 6.61 Å². The summed E-state index contributed by atoms with van der Waals surface area (Å²) < 4.78 is 6.62. The average molecular weight is 227 g/mol. The lowest BCUT2D eigenvalue weighted by Crippen LogP contribution is -2.28. The highest BCUT2D eigenvalue weighted by Crippen LogP contribution is 2.27. The van der Waals surface area contributed by atoms with Crippen LogP contribution in [0.15, 0.2) is 11.0 Å². The second-order valence-electron chi connectivity index (χ2n) is 3.78. The summed E-state index contributed by atoms with van der Waals surface area (Å²) >= 11 is 0. The van der Waals surface area contributed by atoms with Crippen LogP contribution in [0, 0.1) is 6.92 Å². The Morgan fingerprint density at radius 3 is 3.00 bits per heavy atom. The first-order chi connectivity index (χ1) is 7.61. The fraction of sp³-hybridized carbons (Fsp3) is 0.667. The summed E-state index contributed by atoms with van der Waals surface area (Å²) in [5.74, 6) is 0. The first-order valence-corrected chi connectivity index (χ1v) is 4.98. The van der Waals surface area contributed by atoms with E-state index in [1.165, 1.54) is 10.8 Å². The molecule has 88 valence electrons. The predicted molar refractivity (Wildman–Crippen MR) is 52.6 cm³/mol. The average Bonchev–Trinajstić information content (AvgIpc) is 2.63. The number of aromatic nitrogens is 3. The molecule has 7 heteroatoms. The molecule has 0 aromatic carbocycles. The van der Waals surface area contributed by atoms with Crippen LogP contribution in [0.4, 0.5) is 0 Å². The maximum Gasteiger partial charge on any atom is 0.368 e. The number of rotatable bonds is 2. The van der Waals surface area contributed by atoms with Crippen molar-refractivity contribution >= 4 is 0 Å². The number of aliphatic hydroxyl groups excluding tert-OH is 2. The molecule has 7 nitrogen and oxygen atoms in total. The minimum absolute atomic E-state index is 0.260. The topological polar surface area (TPSA) is 97.5 Å². The molecular formula is C9H13N3O4. The van der Waals surface area contributed by atoms with Crippen molar-refractivity contribution in [2.24, 2.45) is 0 Å². The molecule has 1 aromatic heterocycles. The van der Waals surface area contributed by atoms with E-state index in [1.54, 1.807) is 6.92 Å². The van der Waals surface area contributed by atoms with Gasteiger partial charge in [-0.25, -0.2) is 4.79 Å². The predicted octanol–water partition coefficient (Wildman–Crippen LogP) is -1.41. The molecule has 1 saturated heterocycles. The Morgan fingerprint density at radius 2 is 2.38 bits per heavy atom. The largest absolute Gasteiger partial charge is 0.394 e. The molecule has 2 rings (SSSR count). The van der Waals surface area contributed by atoms with Crippen LogP contribution in [0.25, 0.3) is 0 Å². The van der Waals surface area contributed by atoms with Crippen LogP contribution in [-0.2, 0) is 4.74 Å². The van der Waals surface area contributed by atoms with Gasteiger partial charge in [-0.15, -0.1) is 5.10 Å². The van der Waals surface area contributed by atoms with E-state index in [9.17, 15) is 9.90 Å². The fourth-order valence-corrected chi connectivity index (χ4v) is 1.71. The monoisotopic (exact) mass is 227 g/mol. The van der Waals surface area contributed by atoms with E-state index in [4.69, 9.17) is 9.84 Å². The van der Waals surface area contributed by atoms with Gasteiger partial charge in [-0.3, -0.25) is 4.57 Å². The molecule has 1 aromatic rings. The normalized spacial score (nSPS) is 29.6. The molecule has 0 bridgehead atoms. The Balaban J connectivity index is 2.26. The number of aliphatic hydroxyl groups is 2. The van der Waals surface area contributed by atoms with E-state index in [0.717, 1.165) is 0 Å². The van der Waals surface area contributed by atoms with E-state index < -0.39 is 24.1 Å². The Kier molecular flexibility index (Phi) is 2.99. The van der Waals surface area contributed by atoms with Gasteiger partial charge in [-0.1, -0.05) is 5.10 Å². The fourth-order valence-electron chi connectivity index (χ4n) is 1.71. The first kappa shape index (κ1) is 11.2. The number of aryl methyl sites for hydroxylation is 1. The van der Waals surface area contributed by atoms with E-state index in [2.05, 4.69) is 10.2 Å². The summed E-state index contributed by atoms with van der Waals surface area (Å²) in [5, 5.41) is 25.5. The summed E-state index contributed by atoms with van der Waals surface area (Å²) in [6.07, 6.45) is -0.225. The van der Waals surface area contributed by atoms with Gasteiger partial charge in [-0.2, -0.15) is 0 Å². The van der Waals surface area contributed by atoms with Gasteiger partial charge in [0.15, 0.2) is 0 Å². The molecule has 0 radical (unpaired) electrons. The molecule has 0 amide bonds. The van der Waals surface area contributed by atoms with Crippen molar-refractivity contribution in [3.8, 4) is 0 Å². The van der Waals surface area contributed by atoms with Gasteiger partial charge >= 0.3 is 5.69 Å². The van der Waals surface area contributed by atoms with E-state index in [1.807, 2.05) is 0 Å². The van der Waals surface area contributed by atoms with Crippen molar-refractivity contribution < 1.29 is 14.9 Å². The second-order valence-corrected chi connectivity index (χ2v) is 3.78. The van der Waals surface area contributed by atoms with Crippen LogP contribution < -0.4 is 5.69 Å². The number of nitrogens with zero attached hydrogens (tertiary/aromatic N) is 3. The maximum atomic E-state index is 11.4. The van der Waals surface area contributed by atoms with Crippen LogP contribution in [-0.4, -0.2) is 43.8 Å². The van der Waals surface area contributed by atoms with Crippen molar-refractivity contribution in [1.29, 1.82) is 0 Å². The van der Waals surface area contributed by atoms with Gasteiger partial charge in [0.25, 0.3) is 0 Å². The number of hydrogen-bond donors (Lipinski definition) is 2. The molecule has 1 aliphatic heterocycles. The molecule has 2 N–H and O–H groups in total. The number of hydrogen-bond acceptors (Lipinski definition) is 6. The zero-order valence-electron chi connectivity index (χ0n) is 8.78. The Morgan fingerprint density at radius 1 is 1.62 bits per heavy atom. The molecule has 2 heterocycles. The van der Waals surface area contributed by atoms with Crippen LogP contribution in [0.5, 0.6) is 0 Å². The Hall–Kier alpha value is -1.31. The van der Waals surface area contributed by atoms with Gasteiger partial charge in [0.05, 0.1) is 18.4 Å². The third kappa shape index (κ3) is 1.97. The van der Waals surface area contributed by atoms with Crippen LogP contribution in [0.3, 0.4) is 0 Å². The molecule has 3 unspecified atom stereocenters. The van der Waals surface area contributed by atoms with Gasteiger partial charge < -0.3 is 14.9 Å².